The number of esters is 1. The topological polar surface area (TPSA) is 87.7 Å². The minimum absolute atomic E-state index is 0.0932. The molecule has 2 aromatic rings. The van der Waals surface area contributed by atoms with Gasteiger partial charge in [-0.05, 0) is 30.3 Å². The van der Waals surface area contributed by atoms with E-state index in [-0.39, 0.29) is 12.4 Å². The smallest absolute Gasteiger partial charge is 0.378 e. The number of hydrogen-bond donors (Lipinski definition) is 0. The zero-order chi connectivity index (χ0) is 13.1. The first-order valence-electron chi connectivity index (χ1n) is 5.54. The molecule has 0 aromatic carbocycles. The molecule has 2 rings (SSSR count). The molecule has 0 fully saturated rings. The van der Waals surface area contributed by atoms with E-state index in [0.29, 0.717) is 6.54 Å². The van der Waals surface area contributed by atoms with Crippen LogP contribution in [-0.2, 0) is 18.3 Å². The van der Waals surface area contributed by atoms with E-state index in [1.165, 1.54) is 4.68 Å². The quantitative estimate of drug-likeness (QED) is 0.706. The van der Waals surface area contributed by atoms with Crippen LogP contribution in [0.5, 0.6) is 0 Å². The van der Waals surface area contributed by atoms with Crippen molar-refractivity contribution in [3.63, 3.8) is 0 Å². The van der Waals surface area contributed by atoms with Crippen LogP contribution in [0.25, 0.3) is 0 Å². The molecule has 96 valence electrons. The highest BCUT2D eigenvalue weighted by Crippen LogP contribution is 2.05. The lowest BCUT2D eigenvalue weighted by Gasteiger charge is -2.04. The van der Waals surface area contributed by atoms with E-state index in [1.807, 2.05) is 20.0 Å². The number of tetrazole rings is 1. The van der Waals surface area contributed by atoms with Crippen LogP contribution in [-0.4, -0.2) is 42.6 Å². The van der Waals surface area contributed by atoms with Gasteiger partial charge in [-0.15, -0.1) is 5.10 Å². The van der Waals surface area contributed by atoms with Crippen molar-refractivity contribution in [3.8, 4) is 0 Å². The third-order valence-electron chi connectivity index (χ3n) is 2.40. The Morgan fingerprint density at radius 2 is 2.28 bits per heavy atom. The lowest BCUT2D eigenvalue weighted by atomic mass is 10.3. The van der Waals surface area contributed by atoms with Gasteiger partial charge in [0.25, 0.3) is 5.82 Å². The molecule has 8 nitrogen and oxygen atoms in total. The second kappa shape index (κ2) is 4.94. The van der Waals surface area contributed by atoms with Crippen molar-refractivity contribution in [2.75, 3.05) is 6.61 Å². The first kappa shape index (κ1) is 12.2. The standard InChI is InChI=1S/C10H14N6O2/c1-4-18-10(17)9-11-13-14-16(9)6-8-5-7(2)12-15(8)3/h5H,4,6H2,1-3H3. The second-order valence-corrected chi connectivity index (χ2v) is 3.78. The van der Waals surface area contributed by atoms with E-state index in [2.05, 4.69) is 20.6 Å². The molecule has 0 N–H and O–H groups in total. The van der Waals surface area contributed by atoms with Gasteiger partial charge in [-0.1, -0.05) is 0 Å². The van der Waals surface area contributed by atoms with E-state index in [1.54, 1.807) is 11.6 Å². The molecule has 0 aliphatic carbocycles. The molecule has 0 radical (unpaired) electrons. The van der Waals surface area contributed by atoms with Crippen LogP contribution in [0.3, 0.4) is 0 Å². The molecule has 0 aliphatic heterocycles. The number of rotatable bonds is 4. The Hall–Kier alpha value is -2.25. The van der Waals surface area contributed by atoms with Gasteiger partial charge in [0.2, 0.25) is 0 Å². The SMILES string of the molecule is CCOC(=O)c1nnnn1Cc1cc(C)nn1C. The molecule has 8 heteroatoms. The van der Waals surface area contributed by atoms with E-state index < -0.39 is 5.97 Å². The highest BCUT2D eigenvalue weighted by atomic mass is 16.5. The Balaban J connectivity index is 2.22. The van der Waals surface area contributed by atoms with Gasteiger partial charge in [0.15, 0.2) is 0 Å². The van der Waals surface area contributed by atoms with E-state index >= 15 is 0 Å². The molecule has 0 aliphatic rings. The summed E-state index contributed by atoms with van der Waals surface area (Å²) in [6.45, 7) is 4.29. The van der Waals surface area contributed by atoms with Crippen molar-refractivity contribution in [1.29, 1.82) is 0 Å². The number of aryl methyl sites for hydroxylation is 2. The van der Waals surface area contributed by atoms with Gasteiger partial charge in [0.05, 0.1) is 24.5 Å². The minimum Gasteiger partial charge on any atom is -0.460 e. The number of carbonyl (C=O) groups excluding carboxylic acids is 1. The van der Waals surface area contributed by atoms with Crippen LogP contribution in [0.1, 0.15) is 28.9 Å². The molecular formula is C10H14N6O2. The van der Waals surface area contributed by atoms with Gasteiger partial charge < -0.3 is 4.74 Å². The normalized spacial score (nSPS) is 10.6. The fourth-order valence-electron chi connectivity index (χ4n) is 1.62. The molecule has 0 saturated carbocycles. The van der Waals surface area contributed by atoms with E-state index in [0.717, 1.165) is 11.4 Å². The summed E-state index contributed by atoms with van der Waals surface area (Å²) in [4.78, 5) is 11.6. The predicted molar refractivity (Wildman–Crippen MR) is 60.8 cm³/mol. The van der Waals surface area contributed by atoms with Gasteiger partial charge in [-0.2, -0.15) is 5.10 Å². The summed E-state index contributed by atoms with van der Waals surface area (Å²) in [6, 6.07) is 1.91. The van der Waals surface area contributed by atoms with Gasteiger partial charge in [-0.3, -0.25) is 4.68 Å². The summed E-state index contributed by atoms with van der Waals surface area (Å²) in [5, 5.41) is 15.2. The summed E-state index contributed by atoms with van der Waals surface area (Å²) in [5.74, 6) is -0.433. The lowest BCUT2D eigenvalue weighted by molar-refractivity contribution is 0.0505. The summed E-state index contributed by atoms with van der Waals surface area (Å²) < 4.78 is 8.00. The second-order valence-electron chi connectivity index (χ2n) is 3.78. The summed E-state index contributed by atoms with van der Waals surface area (Å²) in [5.41, 5.74) is 1.81. The summed E-state index contributed by atoms with van der Waals surface area (Å²) >= 11 is 0. The summed E-state index contributed by atoms with van der Waals surface area (Å²) in [7, 11) is 1.83. The van der Waals surface area contributed by atoms with Gasteiger partial charge in [-0.25, -0.2) is 9.48 Å². The van der Waals surface area contributed by atoms with Crippen LogP contribution in [0.4, 0.5) is 0 Å². The molecule has 2 aromatic heterocycles. The van der Waals surface area contributed by atoms with Crippen LogP contribution in [0, 0.1) is 6.92 Å². The molecule has 0 amide bonds. The van der Waals surface area contributed by atoms with Crippen LogP contribution < -0.4 is 0 Å². The first-order valence-corrected chi connectivity index (χ1v) is 5.54. The molecule has 2 heterocycles. The largest absolute Gasteiger partial charge is 0.460 e. The zero-order valence-electron chi connectivity index (χ0n) is 10.5. The molecule has 0 atom stereocenters. The van der Waals surface area contributed by atoms with Gasteiger partial charge in [0.1, 0.15) is 0 Å². The average Bonchev–Trinajstić information content (AvgIpc) is 2.87. The van der Waals surface area contributed by atoms with Crippen molar-refractivity contribution in [3.05, 3.63) is 23.3 Å². The number of ether oxygens (including phenoxy) is 1. The van der Waals surface area contributed by atoms with Gasteiger partial charge in [0, 0.05) is 7.05 Å². The first-order chi connectivity index (χ1) is 8.61. The van der Waals surface area contributed by atoms with Gasteiger partial charge >= 0.3 is 5.97 Å². The Bertz CT molecular complexity index is 558. The van der Waals surface area contributed by atoms with Crippen LogP contribution in [0.15, 0.2) is 6.07 Å². The molecule has 0 bridgehead atoms. The molecule has 0 spiro atoms. The van der Waals surface area contributed by atoms with Crippen molar-refractivity contribution >= 4 is 5.97 Å². The third-order valence-corrected chi connectivity index (χ3v) is 2.40. The maximum absolute atomic E-state index is 11.6. The number of nitrogens with zero attached hydrogens (tertiary/aromatic N) is 6. The third kappa shape index (κ3) is 2.36. The molecular weight excluding hydrogens is 236 g/mol. The fourth-order valence-corrected chi connectivity index (χ4v) is 1.62. The van der Waals surface area contributed by atoms with Crippen LogP contribution >= 0.6 is 0 Å². The number of hydrogen-bond acceptors (Lipinski definition) is 6. The van der Waals surface area contributed by atoms with Crippen molar-refractivity contribution < 1.29 is 9.53 Å². The number of aromatic nitrogens is 6. The predicted octanol–water partition coefficient (Wildman–Crippen LogP) is -0.0600. The summed E-state index contributed by atoms with van der Waals surface area (Å²) in [6.07, 6.45) is 0. The van der Waals surface area contributed by atoms with Crippen molar-refractivity contribution in [1.82, 2.24) is 30.0 Å². The maximum atomic E-state index is 11.6. The monoisotopic (exact) mass is 250 g/mol. The Morgan fingerprint density at radius 1 is 1.50 bits per heavy atom. The maximum Gasteiger partial charge on any atom is 0.378 e. The van der Waals surface area contributed by atoms with Crippen molar-refractivity contribution in [2.45, 2.75) is 20.4 Å². The minimum atomic E-state index is -0.526. The van der Waals surface area contributed by atoms with Crippen molar-refractivity contribution in [2.24, 2.45) is 7.05 Å². The fraction of sp³-hybridized carbons (Fsp3) is 0.500. The van der Waals surface area contributed by atoms with E-state index in [4.69, 9.17) is 4.74 Å². The lowest BCUT2D eigenvalue weighted by Crippen LogP contribution is -2.16. The Kier molecular flexibility index (Phi) is 3.35. The highest BCUT2D eigenvalue weighted by molar-refractivity contribution is 5.85. The highest BCUT2D eigenvalue weighted by Gasteiger charge is 2.17. The average molecular weight is 250 g/mol. The molecule has 18 heavy (non-hydrogen) atoms. The Morgan fingerprint density at radius 3 is 2.89 bits per heavy atom. The zero-order valence-corrected chi connectivity index (χ0v) is 10.5. The van der Waals surface area contributed by atoms with E-state index in [9.17, 15) is 4.79 Å². The number of carbonyl (C=O) groups is 1. The molecule has 0 saturated heterocycles. The van der Waals surface area contributed by atoms with Crippen LogP contribution in [0.2, 0.25) is 0 Å². The Labute approximate surface area is 104 Å². The molecule has 0 unspecified atom stereocenters.